The van der Waals surface area contributed by atoms with E-state index in [1.807, 2.05) is 36.2 Å². The first-order chi connectivity index (χ1) is 13.6. The maximum atomic E-state index is 12.3. The van der Waals surface area contributed by atoms with Gasteiger partial charge < -0.3 is 20.3 Å². The van der Waals surface area contributed by atoms with E-state index in [4.69, 9.17) is 4.74 Å². The van der Waals surface area contributed by atoms with Gasteiger partial charge in [0.2, 0.25) is 0 Å². The molecule has 1 amide bonds. The Hall–Kier alpha value is -2.32. The lowest BCUT2D eigenvalue weighted by Crippen LogP contribution is -2.50. The third-order valence-electron chi connectivity index (χ3n) is 5.10. The first kappa shape index (κ1) is 20.4. The van der Waals surface area contributed by atoms with E-state index in [-0.39, 0.29) is 25.1 Å². The monoisotopic (exact) mass is 385 g/mol. The fraction of sp³-hybridized carbons (Fsp3) is 0.429. The number of aliphatic hydroxyl groups is 2. The number of nitrogens with zero attached hydrogens (tertiary/aromatic N) is 2. The molecule has 7 nitrogen and oxygen atoms in total. The molecule has 1 saturated heterocycles. The van der Waals surface area contributed by atoms with Gasteiger partial charge in [-0.15, -0.1) is 0 Å². The molecule has 2 aromatic rings. The van der Waals surface area contributed by atoms with Crippen LogP contribution in [0.1, 0.15) is 16.1 Å². The molecule has 1 aromatic carbocycles. The van der Waals surface area contributed by atoms with E-state index in [1.165, 1.54) is 0 Å². The third-order valence-corrected chi connectivity index (χ3v) is 5.10. The van der Waals surface area contributed by atoms with Gasteiger partial charge in [-0.2, -0.15) is 0 Å². The van der Waals surface area contributed by atoms with Crippen molar-refractivity contribution in [1.29, 1.82) is 0 Å². The average Bonchev–Trinajstić information content (AvgIpc) is 3.07. The van der Waals surface area contributed by atoms with Crippen LogP contribution < -0.4 is 5.32 Å². The molecule has 0 saturated carbocycles. The van der Waals surface area contributed by atoms with Crippen LogP contribution in [0.5, 0.6) is 0 Å². The number of rotatable bonds is 8. The van der Waals surface area contributed by atoms with E-state index in [1.54, 1.807) is 30.5 Å². The largest absolute Gasteiger partial charge is 0.394 e. The molecule has 3 N–H and O–H groups in total. The van der Waals surface area contributed by atoms with Crippen molar-refractivity contribution >= 4 is 5.91 Å². The van der Waals surface area contributed by atoms with Gasteiger partial charge in [0.1, 0.15) is 12.2 Å². The molecule has 0 spiro atoms. The molecule has 2 heterocycles. The van der Waals surface area contributed by atoms with Crippen LogP contribution in [0, 0.1) is 0 Å². The molecule has 1 aliphatic heterocycles. The lowest BCUT2D eigenvalue weighted by atomic mass is 10.0. The number of ether oxygens (including phenoxy) is 1. The van der Waals surface area contributed by atoms with E-state index >= 15 is 0 Å². The van der Waals surface area contributed by atoms with Crippen LogP contribution in [0.2, 0.25) is 0 Å². The van der Waals surface area contributed by atoms with Gasteiger partial charge in [0, 0.05) is 37.0 Å². The van der Waals surface area contributed by atoms with Gasteiger partial charge in [0.15, 0.2) is 0 Å². The lowest BCUT2D eigenvalue weighted by molar-refractivity contribution is -0.0209. The zero-order valence-corrected chi connectivity index (χ0v) is 15.9. The number of pyridine rings is 1. The van der Waals surface area contributed by atoms with Crippen molar-refractivity contribution in [2.24, 2.45) is 0 Å². The number of nitrogens with one attached hydrogen (secondary N) is 1. The van der Waals surface area contributed by atoms with E-state index in [2.05, 4.69) is 10.3 Å². The summed E-state index contributed by atoms with van der Waals surface area (Å²) in [4.78, 5) is 18.7. The van der Waals surface area contributed by atoms with Crippen molar-refractivity contribution < 1.29 is 19.7 Å². The molecule has 0 unspecified atom stereocenters. The van der Waals surface area contributed by atoms with Gasteiger partial charge >= 0.3 is 0 Å². The molecule has 0 aliphatic carbocycles. The summed E-state index contributed by atoms with van der Waals surface area (Å²) < 4.78 is 5.82. The second-order valence-electron chi connectivity index (χ2n) is 7.00. The minimum atomic E-state index is -0.836. The Morgan fingerprint density at radius 1 is 1.18 bits per heavy atom. The van der Waals surface area contributed by atoms with Crippen molar-refractivity contribution in [3.8, 4) is 0 Å². The fourth-order valence-corrected chi connectivity index (χ4v) is 3.56. The normalized spacial score (nSPS) is 24.4. The number of aromatic nitrogens is 1. The van der Waals surface area contributed by atoms with Gasteiger partial charge in [-0.1, -0.05) is 24.3 Å². The molecular formula is C21H27N3O4. The highest BCUT2D eigenvalue weighted by molar-refractivity contribution is 5.94. The topological polar surface area (TPSA) is 94.9 Å². The van der Waals surface area contributed by atoms with E-state index in [9.17, 15) is 15.0 Å². The van der Waals surface area contributed by atoms with Gasteiger partial charge in [0.05, 0.1) is 18.8 Å². The quantitative estimate of drug-likeness (QED) is 0.612. The number of hydrogen-bond acceptors (Lipinski definition) is 6. The summed E-state index contributed by atoms with van der Waals surface area (Å²) in [6, 6.07) is 14.4. The molecule has 28 heavy (non-hydrogen) atoms. The summed E-state index contributed by atoms with van der Waals surface area (Å²) in [5, 5.41) is 23.0. The molecule has 3 rings (SSSR count). The van der Waals surface area contributed by atoms with Crippen molar-refractivity contribution in [2.75, 3.05) is 26.7 Å². The number of benzene rings is 1. The summed E-state index contributed by atoms with van der Waals surface area (Å²) in [6.45, 7) is 0.651. The molecular weight excluding hydrogens is 358 g/mol. The molecule has 1 aliphatic rings. The zero-order chi connectivity index (χ0) is 19.9. The Balaban J connectivity index is 1.61. The maximum Gasteiger partial charge on any atom is 0.251 e. The first-order valence-electron chi connectivity index (χ1n) is 9.48. The highest BCUT2D eigenvalue weighted by atomic mass is 16.5. The van der Waals surface area contributed by atoms with Crippen LogP contribution >= 0.6 is 0 Å². The molecule has 1 fully saturated rings. The fourth-order valence-electron chi connectivity index (χ4n) is 3.56. The van der Waals surface area contributed by atoms with Crippen molar-refractivity contribution in [2.45, 2.75) is 30.8 Å². The van der Waals surface area contributed by atoms with Gasteiger partial charge in [-0.25, -0.2) is 0 Å². The number of amides is 1. The highest BCUT2D eigenvalue weighted by Gasteiger charge is 2.45. The van der Waals surface area contributed by atoms with Gasteiger partial charge in [0.25, 0.3) is 5.91 Å². The Kier molecular flexibility index (Phi) is 7.11. The Bertz CT molecular complexity index is 744. The van der Waals surface area contributed by atoms with Crippen molar-refractivity contribution in [3.05, 3.63) is 66.0 Å². The molecule has 7 heteroatoms. The van der Waals surface area contributed by atoms with E-state index in [0.29, 0.717) is 12.1 Å². The minimum absolute atomic E-state index is 0.193. The van der Waals surface area contributed by atoms with Gasteiger partial charge in [-0.3, -0.25) is 14.7 Å². The zero-order valence-electron chi connectivity index (χ0n) is 15.9. The van der Waals surface area contributed by atoms with Crippen LogP contribution in [-0.4, -0.2) is 77.1 Å². The van der Waals surface area contributed by atoms with Crippen LogP contribution in [0.3, 0.4) is 0 Å². The molecule has 0 bridgehead atoms. The van der Waals surface area contributed by atoms with E-state index < -0.39 is 18.3 Å². The van der Waals surface area contributed by atoms with Gasteiger partial charge in [-0.05, 0) is 31.3 Å². The van der Waals surface area contributed by atoms with Crippen LogP contribution in [0.25, 0.3) is 0 Å². The summed E-state index contributed by atoms with van der Waals surface area (Å²) >= 11 is 0. The maximum absolute atomic E-state index is 12.3. The van der Waals surface area contributed by atoms with Crippen molar-refractivity contribution in [3.63, 3.8) is 0 Å². The second kappa shape index (κ2) is 9.75. The Morgan fingerprint density at radius 2 is 1.93 bits per heavy atom. The molecule has 4 atom stereocenters. The van der Waals surface area contributed by atoms with Crippen molar-refractivity contribution in [1.82, 2.24) is 15.2 Å². The standard InChI is InChI=1S/C21H27N3O4/c1-24(12-10-16-9-5-6-11-22-16)19-17(28-18(14-25)20(19)26)13-23-21(27)15-7-3-2-4-8-15/h2-9,11,17-20,25-26H,10,12-14H2,1H3,(H,23,27)/t17-,18+,19-,20-/m1/s1. The van der Waals surface area contributed by atoms with Crippen LogP contribution in [0.4, 0.5) is 0 Å². The summed E-state index contributed by atoms with van der Waals surface area (Å²) in [5.41, 5.74) is 1.54. The molecule has 150 valence electrons. The number of hydrogen-bond donors (Lipinski definition) is 3. The summed E-state index contributed by atoms with van der Waals surface area (Å²) in [5.74, 6) is -0.193. The van der Waals surface area contributed by atoms with Crippen LogP contribution in [0.15, 0.2) is 54.7 Å². The summed E-state index contributed by atoms with van der Waals surface area (Å²) in [6.07, 6.45) is 0.562. The Morgan fingerprint density at radius 3 is 2.61 bits per heavy atom. The predicted molar refractivity (Wildman–Crippen MR) is 105 cm³/mol. The number of carbonyl (C=O) groups is 1. The predicted octanol–water partition coefficient (Wildman–Crippen LogP) is 0.475. The SMILES string of the molecule is CN(CCc1ccccn1)[C@H]1[C@H](O)[C@H](CO)O[C@@H]1CNC(=O)c1ccccc1. The van der Waals surface area contributed by atoms with Crippen LogP contribution in [-0.2, 0) is 11.2 Å². The molecule has 1 aromatic heterocycles. The second-order valence-corrected chi connectivity index (χ2v) is 7.00. The molecule has 0 radical (unpaired) electrons. The number of aliphatic hydroxyl groups excluding tert-OH is 2. The summed E-state index contributed by atoms with van der Waals surface area (Å²) in [7, 11) is 1.91. The average molecular weight is 385 g/mol. The number of carbonyl (C=O) groups excluding carboxylic acids is 1. The smallest absolute Gasteiger partial charge is 0.251 e. The minimum Gasteiger partial charge on any atom is -0.394 e. The van der Waals surface area contributed by atoms with E-state index in [0.717, 1.165) is 12.1 Å². The highest BCUT2D eigenvalue weighted by Crippen LogP contribution is 2.25. The number of likely N-dealkylation sites (N-methyl/N-ethyl adjacent to an activating group) is 1. The Labute approximate surface area is 165 Å². The lowest BCUT2D eigenvalue weighted by Gasteiger charge is -2.30. The third kappa shape index (κ3) is 4.94. The first-order valence-corrected chi connectivity index (χ1v) is 9.48.